The highest BCUT2D eigenvalue weighted by Gasteiger charge is 2.27. The number of alkyl halides is 2. The van der Waals surface area contributed by atoms with Crippen molar-refractivity contribution in [2.75, 3.05) is 0 Å². The van der Waals surface area contributed by atoms with Crippen LogP contribution in [0.3, 0.4) is 0 Å². The number of nitro benzene ring substituents is 1. The Bertz CT molecular complexity index is 589. The Morgan fingerprint density at radius 3 is 2.39 bits per heavy atom. The molecule has 6 nitrogen and oxygen atoms in total. The van der Waals surface area contributed by atoms with E-state index in [1.165, 1.54) is 6.92 Å². The van der Waals surface area contributed by atoms with E-state index in [0.717, 1.165) is 6.07 Å². The molecular formula is C8H6ClF2NO5S. The van der Waals surface area contributed by atoms with E-state index in [-0.39, 0.29) is 5.56 Å². The molecule has 0 fully saturated rings. The topological polar surface area (TPSA) is 86.5 Å². The monoisotopic (exact) mass is 301 g/mol. The summed E-state index contributed by atoms with van der Waals surface area (Å²) < 4.78 is 50.4. The maximum atomic E-state index is 12.0. The van der Waals surface area contributed by atoms with E-state index < -0.39 is 36.9 Å². The molecule has 0 spiro atoms. The van der Waals surface area contributed by atoms with E-state index in [1.807, 2.05) is 0 Å². The molecule has 0 aromatic heterocycles. The minimum atomic E-state index is -4.45. The van der Waals surface area contributed by atoms with Gasteiger partial charge in [-0.2, -0.15) is 8.78 Å². The smallest absolute Gasteiger partial charge is 0.387 e. The number of nitro groups is 1. The maximum Gasteiger partial charge on any atom is 0.387 e. The highest BCUT2D eigenvalue weighted by molar-refractivity contribution is 8.13. The SMILES string of the molecule is Cc1cc([N+](=O)[O-])c(S(=O)(=O)Cl)cc1OC(F)F. The van der Waals surface area contributed by atoms with Gasteiger partial charge < -0.3 is 4.74 Å². The molecule has 0 unspecified atom stereocenters. The second-order valence-electron chi connectivity index (χ2n) is 3.16. The van der Waals surface area contributed by atoms with E-state index in [0.29, 0.717) is 6.07 Å². The van der Waals surface area contributed by atoms with Gasteiger partial charge in [-0.15, -0.1) is 0 Å². The van der Waals surface area contributed by atoms with Crippen molar-refractivity contribution in [3.05, 3.63) is 27.8 Å². The lowest BCUT2D eigenvalue weighted by molar-refractivity contribution is -0.387. The summed E-state index contributed by atoms with van der Waals surface area (Å²) in [6, 6.07) is 1.40. The molecular weight excluding hydrogens is 296 g/mol. The molecule has 0 aliphatic rings. The molecule has 10 heteroatoms. The Kier molecular flexibility index (Phi) is 4.07. The number of ether oxygens (including phenoxy) is 1. The summed E-state index contributed by atoms with van der Waals surface area (Å²) in [6.45, 7) is -1.92. The first-order chi connectivity index (χ1) is 8.12. The zero-order valence-electron chi connectivity index (χ0n) is 8.76. The molecule has 0 aliphatic carbocycles. The molecule has 1 rings (SSSR count). The zero-order chi connectivity index (χ0) is 14.1. The van der Waals surface area contributed by atoms with Gasteiger partial charge in [-0.3, -0.25) is 10.1 Å². The normalized spacial score (nSPS) is 11.6. The number of hydrogen-bond donors (Lipinski definition) is 0. The summed E-state index contributed by atoms with van der Waals surface area (Å²) in [5.41, 5.74) is -0.810. The molecule has 0 radical (unpaired) electrons. The number of halogens is 3. The van der Waals surface area contributed by atoms with Crippen molar-refractivity contribution >= 4 is 25.4 Å². The van der Waals surface area contributed by atoms with Crippen LogP contribution in [0.1, 0.15) is 5.56 Å². The lowest BCUT2D eigenvalue weighted by atomic mass is 10.2. The molecule has 0 saturated carbocycles. The van der Waals surface area contributed by atoms with Gasteiger partial charge in [0.1, 0.15) is 5.75 Å². The predicted octanol–water partition coefficient (Wildman–Crippen LogP) is 2.43. The average Bonchev–Trinajstić information content (AvgIpc) is 2.17. The first-order valence-corrected chi connectivity index (χ1v) is 6.62. The zero-order valence-corrected chi connectivity index (χ0v) is 10.3. The summed E-state index contributed by atoms with van der Waals surface area (Å²) in [6.07, 6.45) is 0. The Labute approximate surface area is 105 Å². The molecule has 1 aromatic rings. The van der Waals surface area contributed by atoms with Crippen LogP contribution < -0.4 is 4.74 Å². The second-order valence-corrected chi connectivity index (χ2v) is 5.69. The maximum absolute atomic E-state index is 12.0. The summed E-state index contributed by atoms with van der Waals surface area (Å²) in [7, 11) is 0.545. The lowest BCUT2D eigenvalue weighted by Crippen LogP contribution is -2.06. The number of benzene rings is 1. The van der Waals surface area contributed by atoms with Gasteiger partial charge in [-0.25, -0.2) is 8.42 Å². The van der Waals surface area contributed by atoms with Crippen LogP contribution in [0.15, 0.2) is 17.0 Å². The molecule has 0 atom stereocenters. The minimum Gasteiger partial charge on any atom is -0.435 e. The van der Waals surface area contributed by atoms with Crippen LogP contribution in [0.5, 0.6) is 5.75 Å². The van der Waals surface area contributed by atoms with E-state index in [9.17, 15) is 27.3 Å². The van der Waals surface area contributed by atoms with Gasteiger partial charge in [0.15, 0.2) is 4.90 Å². The summed E-state index contributed by atoms with van der Waals surface area (Å²) in [4.78, 5) is 8.78. The third-order valence-electron chi connectivity index (χ3n) is 1.93. The molecule has 0 bridgehead atoms. The minimum absolute atomic E-state index is 0.00827. The van der Waals surface area contributed by atoms with E-state index in [4.69, 9.17) is 10.7 Å². The Morgan fingerprint density at radius 1 is 1.44 bits per heavy atom. The third kappa shape index (κ3) is 3.26. The van der Waals surface area contributed by atoms with Crippen molar-refractivity contribution in [1.82, 2.24) is 0 Å². The lowest BCUT2D eigenvalue weighted by Gasteiger charge is -2.09. The highest BCUT2D eigenvalue weighted by Crippen LogP contribution is 2.34. The van der Waals surface area contributed by atoms with Crippen molar-refractivity contribution in [2.45, 2.75) is 18.4 Å². The second kappa shape index (κ2) is 5.02. The standard InChI is InChI=1S/C8H6ClF2NO5S/c1-4-2-5(12(13)14)7(18(9,15)16)3-6(4)17-8(10)11/h2-3,8H,1H3. The van der Waals surface area contributed by atoms with Gasteiger partial charge in [-0.1, -0.05) is 0 Å². The quantitative estimate of drug-likeness (QED) is 0.484. The first-order valence-electron chi connectivity index (χ1n) is 4.31. The van der Waals surface area contributed by atoms with Gasteiger partial charge in [-0.05, 0) is 12.5 Å². The first kappa shape index (κ1) is 14.6. The summed E-state index contributed by atoms with van der Waals surface area (Å²) in [5, 5.41) is 10.6. The molecule has 0 N–H and O–H groups in total. The van der Waals surface area contributed by atoms with Gasteiger partial charge in [0.05, 0.1) is 4.92 Å². The fourth-order valence-corrected chi connectivity index (χ4v) is 2.22. The van der Waals surface area contributed by atoms with Crippen LogP contribution in [0.4, 0.5) is 14.5 Å². The van der Waals surface area contributed by atoms with E-state index in [1.54, 1.807) is 0 Å². The average molecular weight is 302 g/mol. The van der Waals surface area contributed by atoms with Crippen LogP contribution in [0.2, 0.25) is 0 Å². The van der Waals surface area contributed by atoms with Gasteiger partial charge in [0.2, 0.25) is 0 Å². The van der Waals surface area contributed by atoms with Gasteiger partial charge in [0.25, 0.3) is 14.7 Å². The molecule has 0 aliphatic heterocycles. The van der Waals surface area contributed by atoms with E-state index >= 15 is 0 Å². The summed E-state index contributed by atoms with van der Waals surface area (Å²) >= 11 is 0. The fraction of sp³-hybridized carbons (Fsp3) is 0.250. The Morgan fingerprint density at radius 2 is 2.00 bits per heavy atom. The van der Waals surface area contributed by atoms with Crippen molar-refractivity contribution in [2.24, 2.45) is 0 Å². The van der Waals surface area contributed by atoms with Gasteiger partial charge in [0, 0.05) is 22.8 Å². The Hall–Kier alpha value is -1.48. The largest absolute Gasteiger partial charge is 0.435 e. The molecule has 0 amide bonds. The number of hydrogen-bond acceptors (Lipinski definition) is 5. The number of rotatable bonds is 4. The van der Waals surface area contributed by atoms with Crippen molar-refractivity contribution in [3.8, 4) is 5.75 Å². The third-order valence-corrected chi connectivity index (χ3v) is 3.28. The van der Waals surface area contributed by atoms with Crippen LogP contribution >= 0.6 is 10.7 Å². The molecule has 100 valence electrons. The highest BCUT2D eigenvalue weighted by atomic mass is 35.7. The molecule has 1 aromatic carbocycles. The summed E-state index contributed by atoms with van der Waals surface area (Å²) in [5.74, 6) is -0.491. The van der Waals surface area contributed by atoms with Crippen molar-refractivity contribution in [3.63, 3.8) is 0 Å². The van der Waals surface area contributed by atoms with E-state index in [2.05, 4.69) is 4.74 Å². The van der Waals surface area contributed by atoms with Crippen molar-refractivity contribution < 1.29 is 26.9 Å². The Balaban J connectivity index is 3.51. The van der Waals surface area contributed by atoms with Crippen LogP contribution in [-0.2, 0) is 9.05 Å². The number of nitrogens with zero attached hydrogens (tertiary/aromatic N) is 1. The fourth-order valence-electron chi connectivity index (χ4n) is 1.22. The van der Waals surface area contributed by atoms with Crippen molar-refractivity contribution in [1.29, 1.82) is 0 Å². The molecule has 18 heavy (non-hydrogen) atoms. The van der Waals surface area contributed by atoms with Crippen LogP contribution in [0.25, 0.3) is 0 Å². The molecule has 0 heterocycles. The predicted molar refractivity (Wildman–Crippen MR) is 57.5 cm³/mol. The van der Waals surface area contributed by atoms with Crippen LogP contribution in [0, 0.1) is 17.0 Å². The van der Waals surface area contributed by atoms with Gasteiger partial charge >= 0.3 is 6.61 Å². The number of aryl methyl sites for hydroxylation is 1. The molecule has 0 saturated heterocycles. The van der Waals surface area contributed by atoms with Crippen LogP contribution in [-0.4, -0.2) is 20.0 Å².